The van der Waals surface area contributed by atoms with Crippen molar-refractivity contribution < 1.29 is 37.3 Å². The zero-order valence-corrected chi connectivity index (χ0v) is 54.4. The van der Waals surface area contributed by atoms with E-state index >= 15 is 0 Å². The molecule has 0 saturated carbocycles. The summed E-state index contributed by atoms with van der Waals surface area (Å²) in [5, 5.41) is 3.02. The number of ether oxygens (including phenoxy) is 1. The van der Waals surface area contributed by atoms with Crippen LogP contribution in [0.2, 0.25) is 0 Å². The second kappa shape index (κ2) is 60.1. The normalized spacial score (nSPS) is 14.2. The molecule has 0 aromatic carbocycles. The Labute approximate surface area is 500 Å². The van der Waals surface area contributed by atoms with Crippen molar-refractivity contribution in [1.82, 2.24) is 5.32 Å². The molecule has 3 unspecified atom stereocenters. The van der Waals surface area contributed by atoms with Crippen molar-refractivity contribution in [3.63, 3.8) is 0 Å². The SMILES string of the molecule is CC/C=C\C/C=C\C/C=C\C/C=C\C/C=C\CCCC(=O)OC(/C=C\CCCCCCCCCCCCC)C(COP(=O)([O-])OCC[N+](C)(C)C)NC(=O)CCCCCCCCCCCCCCCCC/C=C\C/C=C\CCCCC. The van der Waals surface area contributed by atoms with Crippen molar-refractivity contribution in [3.8, 4) is 0 Å². The Bertz CT molecular complexity index is 1710. The number of nitrogens with zero attached hydrogens (tertiary/aromatic N) is 1. The highest BCUT2D eigenvalue weighted by atomic mass is 31.2. The number of rotatable bonds is 60. The number of likely N-dealkylation sites (N-methyl/N-ethyl adjacent to an activating group) is 1. The van der Waals surface area contributed by atoms with Crippen LogP contribution in [0.4, 0.5) is 0 Å². The summed E-state index contributed by atoms with van der Waals surface area (Å²) in [7, 11) is 1.15. The van der Waals surface area contributed by atoms with Crippen LogP contribution in [-0.4, -0.2) is 69.4 Å². The number of hydrogen-bond donors (Lipinski definition) is 1. The highest BCUT2D eigenvalue weighted by Crippen LogP contribution is 2.38. The van der Waals surface area contributed by atoms with Crippen LogP contribution in [0, 0.1) is 0 Å². The lowest BCUT2D eigenvalue weighted by Gasteiger charge is -2.30. The van der Waals surface area contributed by atoms with E-state index in [-0.39, 0.29) is 18.9 Å². The van der Waals surface area contributed by atoms with E-state index in [0.717, 1.165) is 83.5 Å². The van der Waals surface area contributed by atoms with Crippen LogP contribution in [0.3, 0.4) is 0 Å². The number of quaternary nitrogens is 1. The largest absolute Gasteiger partial charge is 0.756 e. The third-order valence-electron chi connectivity index (χ3n) is 14.5. The minimum Gasteiger partial charge on any atom is -0.756 e. The molecule has 0 radical (unpaired) electrons. The summed E-state index contributed by atoms with van der Waals surface area (Å²) in [5.41, 5.74) is 0. The third-order valence-corrected chi connectivity index (χ3v) is 15.5. The van der Waals surface area contributed by atoms with E-state index in [1.165, 1.54) is 167 Å². The minimum atomic E-state index is -4.72. The fourth-order valence-corrected chi connectivity index (χ4v) is 10.1. The van der Waals surface area contributed by atoms with Crippen LogP contribution in [-0.2, 0) is 27.9 Å². The lowest BCUT2D eigenvalue weighted by atomic mass is 10.0. The van der Waals surface area contributed by atoms with Gasteiger partial charge in [0.1, 0.15) is 19.3 Å². The molecule has 10 heteroatoms. The second-order valence-corrected chi connectivity index (χ2v) is 25.0. The number of phosphoric ester groups is 1. The van der Waals surface area contributed by atoms with Gasteiger partial charge in [-0.05, 0) is 102 Å². The van der Waals surface area contributed by atoms with E-state index in [1.807, 2.05) is 33.3 Å². The maximum Gasteiger partial charge on any atom is 0.306 e. The van der Waals surface area contributed by atoms with E-state index in [4.69, 9.17) is 13.8 Å². The van der Waals surface area contributed by atoms with Gasteiger partial charge in [-0.3, -0.25) is 14.2 Å². The van der Waals surface area contributed by atoms with Crippen LogP contribution in [0.15, 0.2) is 97.2 Å². The zero-order valence-electron chi connectivity index (χ0n) is 53.5. The molecule has 0 aliphatic heterocycles. The third kappa shape index (κ3) is 61.3. The molecule has 0 aromatic heterocycles. The van der Waals surface area contributed by atoms with E-state index in [9.17, 15) is 19.0 Å². The predicted octanol–water partition coefficient (Wildman–Crippen LogP) is 20.5. The van der Waals surface area contributed by atoms with Gasteiger partial charge >= 0.3 is 5.97 Å². The summed E-state index contributed by atoms with van der Waals surface area (Å²) in [5.74, 6) is -0.606. The Balaban J connectivity index is 5.19. The number of nitrogens with one attached hydrogen (secondary N) is 1. The summed E-state index contributed by atoms with van der Waals surface area (Å²) in [6.45, 7) is 6.68. The van der Waals surface area contributed by atoms with Gasteiger partial charge in [-0.1, -0.05) is 272 Å². The van der Waals surface area contributed by atoms with Gasteiger partial charge in [-0.15, -0.1) is 0 Å². The molecule has 9 nitrogen and oxygen atoms in total. The van der Waals surface area contributed by atoms with Gasteiger partial charge in [-0.25, -0.2) is 0 Å². The molecule has 0 aliphatic carbocycles. The molecule has 0 bridgehead atoms. The van der Waals surface area contributed by atoms with Crippen LogP contribution < -0.4 is 10.2 Å². The standard InChI is InChI=1S/C71H127N2O7P/c1-7-10-13-16-19-22-25-28-30-32-33-34-35-36-37-38-39-41-42-45-48-51-54-57-60-63-70(74)72-68(67-79-81(76,77)78-66-65-73(4,5)6)69(62-59-56-53-50-47-44-27-24-21-18-15-12-9-3)80-71(75)64-61-58-55-52-49-46-43-40-31-29-26-23-20-17-14-11-8-2/h11,14,19-20,22-23,28-31,43,46,52,55,59,62,68-69H,7-10,12-13,15-18,21,24-27,32-42,44-45,47-51,53-54,56-58,60-61,63-67H2,1-6H3,(H-,72,74,76,77)/b14-11-,22-19-,23-20-,30-28-,31-29-,46-43-,55-52-,62-59-. The van der Waals surface area contributed by atoms with E-state index in [2.05, 4.69) is 111 Å². The smallest absolute Gasteiger partial charge is 0.306 e. The number of phosphoric acid groups is 1. The first-order valence-electron chi connectivity index (χ1n) is 33.5. The maximum absolute atomic E-state index is 13.6. The molecule has 3 atom stereocenters. The average Bonchev–Trinajstić information content (AvgIpc) is 3.44. The van der Waals surface area contributed by atoms with Gasteiger partial charge < -0.3 is 28.5 Å². The van der Waals surface area contributed by atoms with Crippen molar-refractivity contribution >= 4 is 19.7 Å². The van der Waals surface area contributed by atoms with Gasteiger partial charge in [0.2, 0.25) is 5.91 Å². The molecule has 0 aliphatic rings. The topological polar surface area (TPSA) is 114 Å². The highest BCUT2D eigenvalue weighted by Gasteiger charge is 2.27. The molecule has 1 N–H and O–H groups in total. The number of carbonyl (C=O) groups excluding carboxylic acids is 2. The van der Waals surface area contributed by atoms with Crippen molar-refractivity contribution in [2.75, 3.05) is 40.9 Å². The number of unbranched alkanes of at least 4 members (excludes halogenated alkanes) is 30. The fraction of sp³-hybridized carbons (Fsp3) is 0.746. The molecular formula is C71H127N2O7P. The summed E-state index contributed by atoms with van der Waals surface area (Å²) in [6.07, 6.45) is 81.1. The summed E-state index contributed by atoms with van der Waals surface area (Å²) in [6, 6.07) is -0.916. The molecule has 0 fully saturated rings. The molecular weight excluding hydrogens is 1020 g/mol. The van der Waals surface area contributed by atoms with Crippen LogP contribution >= 0.6 is 7.82 Å². The van der Waals surface area contributed by atoms with Crippen LogP contribution in [0.5, 0.6) is 0 Å². The lowest BCUT2D eigenvalue weighted by Crippen LogP contribution is -2.47. The number of carbonyl (C=O) groups is 2. The number of amides is 1. The van der Waals surface area contributed by atoms with Gasteiger partial charge in [-0.2, -0.15) is 0 Å². The Morgan fingerprint density at radius 1 is 0.444 bits per heavy atom. The van der Waals surface area contributed by atoms with Gasteiger partial charge in [0.05, 0.1) is 33.8 Å². The van der Waals surface area contributed by atoms with Gasteiger partial charge in [0.15, 0.2) is 0 Å². The molecule has 0 aromatic rings. The Hall–Kier alpha value is -3.07. The fourth-order valence-electron chi connectivity index (χ4n) is 9.35. The average molecular weight is 1150 g/mol. The molecule has 1 amide bonds. The first-order chi connectivity index (χ1) is 39.4. The van der Waals surface area contributed by atoms with Gasteiger partial charge in [0.25, 0.3) is 7.82 Å². The van der Waals surface area contributed by atoms with Crippen LogP contribution in [0.25, 0.3) is 0 Å². The first-order valence-corrected chi connectivity index (χ1v) is 35.0. The second-order valence-electron chi connectivity index (χ2n) is 23.6. The van der Waals surface area contributed by atoms with Crippen molar-refractivity contribution in [1.29, 1.82) is 0 Å². The van der Waals surface area contributed by atoms with E-state index < -0.39 is 32.5 Å². The van der Waals surface area contributed by atoms with Gasteiger partial charge in [0, 0.05) is 12.8 Å². The lowest BCUT2D eigenvalue weighted by molar-refractivity contribution is -0.870. The summed E-state index contributed by atoms with van der Waals surface area (Å²) < 4.78 is 30.3. The van der Waals surface area contributed by atoms with Crippen molar-refractivity contribution in [2.24, 2.45) is 0 Å². The van der Waals surface area contributed by atoms with E-state index in [1.54, 1.807) is 0 Å². The molecule has 81 heavy (non-hydrogen) atoms. The summed E-state index contributed by atoms with van der Waals surface area (Å²) in [4.78, 5) is 40.1. The number of allylic oxidation sites excluding steroid dienone is 15. The Morgan fingerprint density at radius 2 is 0.802 bits per heavy atom. The van der Waals surface area contributed by atoms with Crippen molar-refractivity contribution in [2.45, 2.75) is 303 Å². The quantitative estimate of drug-likeness (QED) is 0.0212. The minimum absolute atomic E-state index is 0.0343. The molecule has 0 heterocycles. The molecule has 468 valence electrons. The molecule has 0 saturated heterocycles. The molecule has 0 spiro atoms. The Kier molecular flexibility index (Phi) is 57.8. The first kappa shape index (κ1) is 77.9. The monoisotopic (exact) mass is 1150 g/mol. The number of hydrogen-bond acceptors (Lipinski definition) is 7. The van der Waals surface area contributed by atoms with Crippen molar-refractivity contribution in [3.05, 3.63) is 97.2 Å². The van der Waals surface area contributed by atoms with E-state index in [0.29, 0.717) is 23.9 Å². The Morgan fingerprint density at radius 3 is 1.23 bits per heavy atom. The molecule has 0 rings (SSSR count). The van der Waals surface area contributed by atoms with Crippen LogP contribution in [0.1, 0.15) is 290 Å². The zero-order chi connectivity index (χ0) is 59.3. The summed E-state index contributed by atoms with van der Waals surface area (Å²) >= 11 is 0. The highest BCUT2D eigenvalue weighted by molar-refractivity contribution is 7.45. The number of esters is 1. The predicted molar refractivity (Wildman–Crippen MR) is 348 cm³/mol. The maximum atomic E-state index is 13.6.